The monoisotopic (exact) mass is 514 g/mol. The molecule has 4 fully saturated rings. The van der Waals surface area contributed by atoms with Crippen LogP contribution in [-0.4, -0.2) is 106 Å². The van der Waals surface area contributed by atoms with E-state index >= 15 is 0 Å². The molecule has 36 heavy (non-hydrogen) atoms. The summed E-state index contributed by atoms with van der Waals surface area (Å²) in [4.78, 5) is 45.9. The number of carboxylic acids is 2. The van der Waals surface area contributed by atoms with Crippen LogP contribution < -0.4 is 10.6 Å². The van der Waals surface area contributed by atoms with Crippen molar-refractivity contribution in [3.05, 3.63) is 0 Å². The van der Waals surface area contributed by atoms with Gasteiger partial charge >= 0.3 is 24.1 Å². The van der Waals surface area contributed by atoms with Crippen LogP contribution in [0.5, 0.6) is 0 Å². The van der Waals surface area contributed by atoms with Gasteiger partial charge in [-0.15, -0.1) is 0 Å². The Morgan fingerprint density at radius 3 is 1.19 bits per heavy atom. The Labute approximate surface area is 212 Å². The summed E-state index contributed by atoms with van der Waals surface area (Å²) in [5.41, 5.74) is -0.614. The fraction of sp³-hybridized carbons (Fsp3) is 0.833. The van der Waals surface area contributed by atoms with Gasteiger partial charge in [0, 0.05) is 39.3 Å². The smallest absolute Gasteiger partial charge is 0.414 e. The van der Waals surface area contributed by atoms with Crippen molar-refractivity contribution in [3.63, 3.8) is 0 Å². The molecular formula is C24H42N4O8. The van der Waals surface area contributed by atoms with Gasteiger partial charge in [0.2, 0.25) is 0 Å². The Morgan fingerprint density at radius 1 is 0.667 bits per heavy atom. The van der Waals surface area contributed by atoms with Gasteiger partial charge in [-0.3, -0.25) is 9.80 Å². The number of carboxylic acid groups (broad SMARTS) is 2. The van der Waals surface area contributed by atoms with E-state index in [1.165, 1.54) is 0 Å². The number of nitrogens with one attached hydrogen (secondary N) is 2. The fourth-order valence-electron chi connectivity index (χ4n) is 4.07. The van der Waals surface area contributed by atoms with Crippen LogP contribution in [-0.2, 0) is 19.1 Å². The van der Waals surface area contributed by atoms with Gasteiger partial charge in [-0.25, -0.2) is 19.2 Å². The van der Waals surface area contributed by atoms with Gasteiger partial charge in [-0.2, -0.15) is 0 Å². The maximum absolute atomic E-state index is 11.9. The zero-order valence-corrected chi connectivity index (χ0v) is 22.3. The van der Waals surface area contributed by atoms with E-state index in [9.17, 15) is 9.59 Å². The molecule has 0 radical (unpaired) electrons. The van der Waals surface area contributed by atoms with Crippen LogP contribution in [0.4, 0.5) is 9.59 Å². The summed E-state index contributed by atoms with van der Waals surface area (Å²) in [6.07, 6.45) is 4.14. The lowest BCUT2D eigenvalue weighted by Crippen LogP contribution is -2.56. The van der Waals surface area contributed by atoms with E-state index in [1.807, 2.05) is 51.3 Å². The summed E-state index contributed by atoms with van der Waals surface area (Å²) >= 11 is 0. The highest BCUT2D eigenvalue weighted by molar-refractivity contribution is 6.27. The molecule has 12 nitrogen and oxygen atoms in total. The summed E-state index contributed by atoms with van der Waals surface area (Å²) in [5, 5.41) is 21.5. The number of aliphatic carboxylic acids is 2. The zero-order chi connectivity index (χ0) is 27.4. The van der Waals surface area contributed by atoms with Gasteiger partial charge in [0.15, 0.2) is 0 Å². The molecule has 206 valence electrons. The highest BCUT2D eigenvalue weighted by Crippen LogP contribution is 2.43. The Hall–Kier alpha value is -2.60. The molecule has 4 rings (SSSR count). The van der Waals surface area contributed by atoms with E-state index < -0.39 is 23.1 Å². The average Bonchev–Trinajstić information content (AvgIpc) is 3.66. The number of rotatable bonds is 0. The molecule has 4 N–H and O–H groups in total. The molecular weight excluding hydrogens is 472 g/mol. The molecule has 0 aromatic carbocycles. The van der Waals surface area contributed by atoms with Gasteiger partial charge in [0.25, 0.3) is 0 Å². The predicted octanol–water partition coefficient (Wildman–Crippen LogP) is 1.87. The normalized spacial score (nSPS) is 21.3. The summed E-state index contributed by atoms with van der Waals surface area (Å²) in [7, 11) is 0. The molecule has 0 unspecified atom stereocenters. The fourth-order valence-corrected chi connectivity index (χ4v) is 4.07. The minimum atomic E-state index is -1.82. The number of carbonyl (C=O) groups excluding carboxylic acids is 2. The van der Waals surface area contributed by atoms with Crippen LogP contribution in [0, 0.1) is 0 Å². The zero-order valence-electron chi connectivity index (χ0n) is 22.3. The Balaban J connectivity index is 0.000000208. The maximum Gasteiger partial charge on any atom is 0.414 e. The predicted molar refractivity (Wildman–Crippen MR) is 131 cm³/mol. The van der Waals surface area contributed by atoms with Gasteiger partial charge in [0.05, 0.1) is 11.1 Å². The molecule has 2 aliphatic carbocycles. The molecule has 2 heterocycles. The van der Waals surface area contributed by atoms with Crippen molar-refractivity contribution in [1.82, 2.24) is 20.4 Å². The van der Waals surface area contributed by atoms with Crippen LogP contribution in [0.3, 0.4) is 0 Å². The number of piperazine rings is 2. The van der Waals surface area contributed by atoms with E-state index in [0.717, 1.165) is 65.0 Å². The first-order chi connectivity index (χ1) is 16.5. The number of nitrogens with zero attached hydrogens (tertiary/aromatic N) is 2. The van der Waals surface area contributed by atoms with E-state index in [-0.39, 0.29) is 23.3 Å². The standard InChI is InChI=1S/2C11H20N2O2.C2H2O4/c2*1-10(2,3)15-9(14)13-7-6-12-8-11(13)4-5-11;3-1(4)2(5)6/h2*12H,4-8H2,1-3H3;(H,3,4)(H,5,6). The third kappa shape index (κ3) is 8.81. The van der Waals surface area contributed by atoms with Gasteiger partial charge in [0.1, 0.15) is 11.2 Å². The topological polar surface area (TPSA) is 158 Å². The largest absolute Gasteiger partial charge is 0.473 e. The van der Waals surface area contributed by atoms with Crippen molar-refractivity contribution < 1.29 is 38.9 Å². The van der Waals surface area contributed by atoms with E-state index in [0.29, 0.717) is 0 Å². The number of carbonyl (C=O) groups is 4. The molecule has 2 saturated carbocycles. The number of ether oxygens (including phenoxy) is 2. The maximum atomic E-state index is 11.9. The second kappa shape index (κ2) is 11.2. The number of amides is 2. The van der Waals surface area contributed by atoms with Crippen molar-refractivity contribution in [2.24, 2.45) is 0 Å². The molecule has 0 aromatic heterocycles. The Bertz CT molecular complexity index is 757. The SMILES string of the molecule is CC(C)(C)OC(=O)N1CCNCC12CC2.CC(C)(C)OC(=O)N1CCNCC12CC2.O=C(O)C(=O)O. The first-order valence-corrected chi connectivity index (χ1v) is 12.4. The molecule has 0 bridgehead atoms. The lowest BCUT2D eigenvalue weighted by atomic mass is 10.1. The molecule has 0 atom stereocenters. The summed E-state index contributed by atoms with van der Waals surface area (Å²) < 4.78 is 10.8. The van der Waals surface area contributed by atoms with E-state index in [1.54, 1.807) is 0 Å². The summed E-state index contributed by atoms with van der Waals surface area (Å²) in [6, 6.07) is 0. The van der Waals surface area contributed by atoms with Gasteiger partial charge < -0.3 is 30.3 Å². The molecule has 0 aromatic rings. The molecule has 2 aliphatic heterocycles. The van der Waals surface area contributed by atoms with Crippen molar-refractivity contribution in [2.45, 2.75) is 89.5 Å². The van der Waals surface area contributed by atoms with Crippen LogP contribution in [0.15, 0.2) is 0 Å². The third-order valence-corrected chi connectivity index (χ3v) is 6.14. The van der Waals surface area contributed by atoms with E-state index in [4.69, 9.17) is 29.3 Å². The van der Waals surface area contributed by atoms with Crippen LogP contribution >= 0.6 is 0 Å². The van der Waals surface area contributed by atoms with Crippen LogP contribution in [0.25, 0.3) is 0 Å². The first kappa shape index (κ1) is 29.6. The van der Waals surface area contributed by atoms with Crippen molar-refractivity contribution in [3.8, 4) is 0 Å². The number of hydrogen-bond donors (Lipinski definition) is 4. The average molecular weight is 515 g/mol. The van der Waals surface area contributed by atoms with Gasteiger partial charge in [-0.05, 0) is 67.2 Å². The number of hydrogen-bond acceptors (Lipinski definition) is 8. The highest BCUT2D eigenvalue weighted by atomic mass is 16.6. The minimum absolute atomic E-state index is 0.0839. The van der Waals surface area contributed by atoms with E-state index in [2.05, 4.69) is 10.6 Å². The molecule has 2 saturated heterocycles. The Morgan fingerprint density at radius 2 is 0.972 bits per heavy atom. The van der Waals surface area contributed by atoms with Crippen LogP contribution in [0.1, 0.15) is 67.2 Å². The summed E-state index contributed by atoms with van der Waals surface area (Å²) in [6.45, 7) is 16.6. The lowest BCUT2D eigenvalue weighted by Gasteiger charge is -2.37. The second-order valence-electron chi connectivity index (χ2n) is 11.7. The minimum Gasteiger partial charge on any atom is -0.473 e. The first-order valence-electron chi connectivity index (χ1n) is 12.4. The third-order valence-electron chi connectivity index (χ3n) is 6.14. The molecule has 2 spiro atoms. The van der Waals surface area contributed by atoms with Crippen molar-refractivity contribution in [1.29, 1.82) is 0 Å². The van der Waals surface area contributed by atoms with Crippen LogP contribution in [0.2, 0.25) is 0 Å². The quantitative estimate of drug-likeness (QED) is 0.352. The molecule has 2 amide bonds. The van der Waals surface area contributed by atoms with Gasteiger partial charge in [-0.1, -0.05) is 0 Å². The second-order valence-corrected chi connectivity index (χ2v) is 11.7. The summed E-state index contributed by atoms with van der Waals surface area (Å²) in [5.74, 6) is -3.65. The van der Waals surface area contributed by atoms with Crippen molar-refractivity contribution in [2.75, 3.05) is 39.3 Å². The highest BCUT2D eigenvalue weighted by Gasteiger charge is 2.53. The van der Waals surface area contributed by atoms with Crippen molar-refractivity contribution >= 4 is 24.1 Å². The lowest BCUT2D eigenvalue weighted by molar-refractivity contribution is -0.159. The molecule has 4 aliphatic rings. The molecule has 12 heteroatoms. The Kier molecular flexibility index (Phi) is 9.22.